The molecule has 0 amide bonds. The first-order chi connectivity index (χ1) is 8.37. The van der Waals surface area contributed by atoms with Crippen molar-refractivity contribution in [1.82, 2.24) is 0 Å². The molecule has 0 aliphatic heterocycles. The van der Waals surface area contributed by atoms with E-state index in [1.165, 1.54) is 6.07 Å². The van der Waals surface area contributed by atoms with Crippen molar-refractivity contribution < 1.29 is 17.6 Å². The van der Waals surface area contributed by atoms with Gasteiger partial charge in [0.1, 0.15) is 15.7 Å². The number of carbonyl (C=O) groups is 1. The lowest BCUT2D eigenvalue weighted by molar-refractivity contribution is 0.0978. The molecule has 0 unspecified atom stereocenters. The van der Waals surface area contributed by atoms with Gasteiger partial charge in [-0.2, -0.15) is 0 Å². The predicted molar refractivity (Wildman–Crippen MR) is 69.0 cm³/mol. The summed E-state index contributed by atoms with van der Waals surface area (Å²) in [6, 6.07) is 4.64. The summed E-state index contributed by atoms with van der Waals surface area (Å²) >= 11 is 0. The highest BCUT2D eigenvalue weighted by Gasteiger charge is 2.14. The molecule has 5 heteroatoms. The molecule has 1 aromatic rings. The summed E-state index contributed by atoms with van der Waals surface area (Å²) in [5, 5.41) is 0. The summed E-state index contributed by atoms with van der Waals surface area (Å²) in [5.41, 5.74) is 0.464. The van der Waals surface area contributed by atoms with Gasteiger partial charge in [-0.3, -0.25) is 4.79 Å². The predicted octanol–water partition coefficient (Wildman–Crippen LogP) is 2.53. The van der Waals surface area contributed by atoms with Crippen LogP contribution in [0.1, 0.15) is 35.7 Å². The van der Waals surface area contributed by atoms with Crippen LogP contribution in [0.4, 0.5) is 4.39 Å². The number of ketones is 1. The van der Waals surface area contributed by atoms with Crippen molar-refractivity contribution in [3.05, 3.63) is 35.1 Å². The Bertz CT molecular complexity index is 535. The Kier molecular flexibility index (Phi) is 5.02. The van der Waals surface area contributed by atoms with E-state index in [4.69, 9.17) is 0 Å². The number of hydrogen-bond acceptors (Lipinski definition) is 3. The van der Waals surface area contributed by atoms with Crippen LogP contribution in [0, 0.1) is 12.7 Å². The molecule has 18 heavy (non-hydrogen) atoms. The molecule has 0 heterocycles. The van der Waals surface area contributed by atoms with Gasteiger partial charge >= 0.3 is 0 Å². The summed E-state index contributed by atoms with van der Waals surface area (Å²) in [6.07, 6.45) is 0.294. The van der Waals surface area contributed by atoms with Gasteiger partial charge in [-0.05, 0) is 25.0 Å². The Hall–Kier alpha value is -1.23. The molecule has 0 aromatic heterocycles. The fraction of sp³-hybridized carbons (Fsp3) is 0.462. The third-order valence-electron chi connectivity index (χ3n) is 2.79. The molecule has 0 saturated heterocycles. The number of carbonyl (C=O) groups excluding carboxylic acids is 1. The quantitative estimate of drug-likeness (QED) is 0.748. The van der Waals surface area contributed by atoms with Crippen molar-refractivity contribution in [2.24, 2.45) is 0 Å². The number of Topliss-reactive ketones (excluding diaryl/α,β-unsaturated/α-hetero) is 1. The molecule has 0 N–H and O–H groups in total. The van der Waals surface area contributed by atoms with E-state index >= 15 is 0 Å². The first-order valence-electron chi connectivity index (χ1n) is 5.86. The van der Waals surface area contributed by atoms with Crippen LogP contribution in [-0.2, 0) is 9.84 Å². The van der Waals surface area contributed by atoms with Crippen molar-refractivity contribution in [3.8, 4) is 0 Å². The molecular weight excluding hydrogens is 255 g/mol. The second-order valence-corrected chi connectivity index (χ2v) is 6.67. The average molecular weight is 272 g/mol. The van der Waals surface area contributed by atoms with Crippen molar-refractivity contribution in [1.29, 1.82) is 0 Å². The van der Waals surface area contributed by atoms with Gasteiger partial charge in [-0.15, -0.1) is 0 Å². The van der Waals surface area contributed by atoms with Gasteiger partial charge in [0.25, 0.3) is 0 Å². The Labute approximate surface area is 107 Å². The van der Waals surface area contributed by atoms with Gasteiger partial charge in [0.2, 0.25) is 0 Å². The monoisotopic (exact) mass is 272 g/mol. The lowest BCUT2D eigenvalue weighted by atomic mass is 10.0. The highest BCUT2D eigenvalue weighted by atomic mass is 32.2. The van der Waals surface area contributed by atoms with Crippen LogP contribution in [0.3, 0.4) is 0 Å². The van der Waals surface area contributed by atoms with E-state index in [0.717, 1.165) is 0 Å². The number of halogens is 1. The molecule has 100 valence electrons. The Morgan fingerprint density at radius 3 is 2.61 bits per heavy atom. The van der Waals surface area contributed by atoms with Crippen LogP contribution < -0.4 is 0 Å². The molecule has 0 atom stereocenters. The van der Waals surface area contributed by atoms with Gasteiger partial charge in [-0.1, -0.05) is 19.1 Å². The summed E-state index contributed by atoms with van der Waals surface area (Å²) in [4.78, 5) is 11.8. The molecule has 0 saturated carbocycles. The number of sulfone groups is 1. The van der Waals surface area contributed by atoms with Gasteiger partial charge in [0.05, 0.1) is 11.3 Å². The standard InChI is InChI=1S/C13H17FO3S/c1-3-18(16,17)9-5-8-12(15)11-7-4-6-10(2)13(11)14/h4,6-7H,3,5,8-9H2,1-2H3. The molecule has 0 spiro atoms. The maximum absolute atomic E-state index is 13.6. The molecule has 0 bridgehead atoms. The maximum Gasteiger partial charge on any atom is 0.165 e. The first kappa shape index (κ1) is 14.8. The van der Waals surface area contributed by atoms with E-state index in [1.807, 2.05) is 0 Å². The molecule has 0 fully saturated rings. The first-order valence-corrected chi connectivity index (χ1v) is 7.68. The zero-order valence-electron chi connectivity index (χ0n) is 10.6. The Morgan fingerprint density at radius 2 is 2.00 bits per heavy atom. The third kappa shape index (κ3) is 3.91. The lowest BCUT2D eigenvalue weighted by Gasteiger charge is -2.05. The average Bonchev–Trinajstić information content (AvgIpc) is 2.32. The number of rotatable bonds is 6. The van der Waals surface area contributed by atoms with Gasteiger partial charge < -0.3 is 0 Å². The zero-order chi connectivity index (χ0) is 13.8. The van der Waals surface area contributed by atoms with E-state index in [2.05, 4.69) is 0 Å². The lowest BCUT2D eigenvalue weighted by Crippen LogP contribution is -2.11. The van der Waals surface area contributed by atoms with E-state index in [9.17, 15) is 17.6 Å². The Morgan fingerprint density at radius 1 is 1.33 bits per heavy atom. The second-order valence-electron chi connectivity index (χ2n) is 4.20. The molecule has 3 nitrogen and oxygen atoms in total. The SMILES string of the molecule is CCS(=O)(=O)CCCC(=O)c1cccc(C)c1F. The smallest absolute Gasteiger partial charge is 0.165 e. The molecule has 1 aromatic carbocycles. The summed E-state index contributed by atoms with van der Waals surface area (Å²) in [7, 11) is -3.06. The van der Waals surface area contributed by atoms with Crippen LogP contribution in [0.15, 0.2) is 18.2 Å². The van der Waals surface area contributed by atoms with E-state index in [1.54, 1.807) is 26.0 Å². The van der Waals surface area contributed by atoms with Crippen LogP contribution in [0.25, 0.3) is 0 Å². The number of benzene rings is 1. The third-order valence-corrected chi connectivity index (χ3v) is 4.58. The Balaban J connectivity index is 2.64. The fourth-order valence-electron chi connectivity index (χ4n) is 1.59. The molecular formula is C13H17FO3S. The molecule has 0 radical (unpaired) electrons. The largest absolute Gasteiger partial charge is 0.294 e. The summed E-state index contributed by atoms with van der Waals surface area (Å²) < 4.78 is 36.1. The highest BCUT2D eigenvalue weighted by molar-refractivity contribution is 7.91. The van der Waals surface area contributed by atoms with Gasteiger partial charge in [0, 0.05) is 12.2 Å². The van der Waals surface area contributed by atoms with Gasteiger partial charge in [0.15, 0.2) is 5.78 Å². The minimum atomic E-state index is -3.06. The molecule has 0 aliphatic carbocycles. The highest BCUT2D eigenvalue weighted by Crippen LogP contribution is 2.14. The van der Waals surface area contributed by atoms with E-state index in [-0.39, 0.29) is 35.7 Å². The van der Waals surface area contributed by atoms with Crippen LogP contribution in [0.5, 0.6) is 0 Å². The van der Waals surface area contributed by atoms with Crippen molar-refractivity contribution in [2.75, 3.05) is 11.5 Å². The topological polar surface area (TPSA) is 51.2 Å². The minimum absolute atomic E-state index is 0.0251. The molecule has 0 aliphatic rings. The molecule has 1 rings (SSSR count). The second kappa shape index (κ2) is 6.09. The summed E-state index contributed by atoms with van der Waals surface area (Å²) in [5.74, 6) is -0.814. The normalized spacial score (nSPS) is 11.5. The van der Waals surface area contributed by atoms with Crippen molar-refractivity contribution >= 4 is 15.6 Å². The minimum Gasteiger partial charge on any atom is -0.294 e. The fourth-order valence-corrected chi connectivity index (χ4v) is 2.47. The maximum atomic E-state index is 13.6. The van der Waals surface area contributed by atoms with Crippen LogP contribution in [-0.4, -0.2) is 25.7 Å². The van der Waals surface area contributed by atoms with Crippen molar-refractivity contribution in [2.45, 2.75) is 26.7 Å². The van der Waals surface area contributed by atoms with E-state index in [0.29, 0.717) is 5.56 Å². The van der Waals surface area contributed by atoms with Gasteiger partial charge in [-0.25, -0.2) is 12.8 Å². The van der Waals surface area contributed by atoms with Crippen LogP contribution >= 0.6 is 0 Å². The van der Waals surface area contributed by atoms with Crippen molar-refractivity contribution in [3.63, 3.8) is 0 Å². The summed E-state index contributed by atoms with van der Waals surface area (Å²) in [6.45, 7) is 3.16. The number of aryl methyl sites for hydroxylation is 1. The van der Waals surface area contributed by atoms with Crippen LogP contribution in [0.2, 0.25) is 0 Å². The zero-order valence-corrected chi connectivity index (χ0v) is 11.4. The number of hydrogen-bond donors (Lipinski definition) is 0. The van der Waals surface area contributed by atoms with E-state index < -0.39 is 15.7 Å².